The van der Waals surface area contributed by atoms with Gasteiger partial charge in [-0.1, -0.05) is 30.3 Å². The van der Waals surface area contributed by atoms with Gasteiger partial charge >= 0.3 is 5.97 Å². The predicted octanol–water partition coefficient (Wildman–Crippen LogP) is 2.08. The summed E-state index contributed by atoms with van der Waals surface area (Å²) in [5, 5.41) is 13.9. The van der Waals surface area contributed by atoms with Crippen molar-refractivity contribution in [3.63, 3.8) is 0 Å². The van der Waals surface area contributed by atoms with E-state index in [1.165, 1.54) is 7.11 Å². The number of carbonyl (C=O) groups is 1. The molecule has 2 aromatic heterocycles. The van der Waals surface area contributed by atoms with Gasteiger partial charge in [0.1, 0.15) is 5.82 Å². The maximum atomic E-state index is 11.6. The Morgan fingerprint density at radius 2 is 2.08 bits per heavy atom. The molecule has 0 amide bonds. The Hall–Kier alpha value is -2.93. The largest absolute Gasteiger partial charge is 0.479 e. The van der Waals surface area contributed by atoms with Gasteiger partial charge in [-0.2, -0.15) is 9.61 Å². The van der Waals surface area contributed by atoms with Gasteiger partial charge in [-0.05, 0) is 0 Å². The minimum atomic E-state index is -1.18. The van der Waals surface area contributed by atoms with Gasteiger partial charge in [-0.3, -0.25) is 0 Å². The fourth-order valence-electron chi connectivity index (χ4n) is 3.28. The maximum absolute atomic E-state index is 11.6. The fraction of sp³-hybridized carbons (Fsp3) is 0.278. The molecule has 7 heteroatoms. The number of anilines is 1. The van der Waals surface area contributed by atoms with E-state index < -0.39 is 11.6 Å². The third-order valence-electron chi connectivity index (χ3n) is 4.75. The Kier molecular flexibility index (Phi) is 3.65. The van der Waals surface area contributed by atoms with Crippen molar-refractivity contribution in [1.29, 1.82) is 0 Å². The molecule has 0 spiro atoms. The summed E-state index contributed by atoms with van der Waals surface area (Å²) in [6.45, 7) is 0.847. The summed E-state index contributed by atoms with van der Waals surface area (Å²) < 4.78 is 7.07. The van der Waals surface area contributed by atoms with E-state index >= 15 is 0 Å². The molecule has 1 N–H and O–H groups in total. The molecule has 4 rings (SSSR count). The molecule has 1 unspecified atom stereocenters. The third kappa shape index (κ3) is 2.53. The van der Waals surface area contributed by atoms with E-state index in [-0.39, 0.29) is 6.54 Å². The van der Waals surface area contributed by atoms with Crippen molar-refractivity contribution in [3.05, 3.63) is 48.7 Å². The normalized spacial score (nSPS) is 20.3. The molecule has 3 aromatic rings. The van der Waals surface area contributed by atoms with Crippen LogP contribution in [0.25, 0.3) is 16.9 Å². The van der Waals surface area contributed by atoms with Crippen molar-refractivity contribution in [3.8, 4) is 11.3 Å². The molecule has 3 heterocycles. The highest BCUT2D eigenvalue weighted by Crippen LogP contribution is 2.31. The molecule has 0 aliphatic carbocycles. The number of fused-ring (bicyclic) bond motifs is 1. The Labute approximate surface area is 144 Å². The molecule has 1 fully saturated rings. The minimum Gasteiger partial charge on any atom is -0.479 e. The van der Waals surface area contributed by atoms with E-state index in [1.54, 1.807) is 10.7 Å². The van der Waals surface area contributed by atoms with Gasteiger partial charge in [0.05, 0.1) is 18.4 Å². The summed E-state index contributed by atoms with van der Waals surface area (Å²) in [6, 6.07) is 13.7. The van der Waals surface area contributed by atoms with Crippen molar-refractivity contribution < 1.29 is 14.6 Å². The molecule has 1 atom stereocenters. The van der Waals surface area contributed by atoms with Crippen LogP contribution in [0.1, 0.15) is 6.42 Å². The maximum Gasteiger partial charge on any atom is 0.337 e. The zero-order valence-corrected chi connectivity index (χ0v) is 13.8. The van der Waals surface area contributed by atoms with Crippen LogP contribution in [-0.2, 0) is 9.53 Å². The van der Waals surface area contributed by atoms with E-state index in [4.69, 9.17) is 4.74 Å². The third-order valence-corrected chi connectivity index (χ3v) is 4.75. The minimum absolute atomic E-state index is 0.270. The summed E-state index contributed by atoms with van der Waals surface area (Å²) in [5.41, 5.74) is 1.37. The summed E-state index contributed by atoms with van der Waals surface area (Å²) in [6.07, 6.45) is 2.11. The number of nitrogens with zero attached hydrogens (tertiary/aromatic N) is 4. The van der Waals surface area contributed by atoms with E-state index in [1.807, 2.05) is 47.4 Å². The van der Waals surface area contributed by atoms with E-state index in [0.717, 1.165) is 22.7 Å². The molecule has 1 aromatic carbocycles. The highest BCUT2D eigenvalue weighted by Gasteiger charge is 2.46. The monoisotopic (exact) mass is 338 g/mol. The molecular formula is C18H18N4O3. The number of carboxylic acids is 1. The van der Waals surface area contributed by atoms with Gasteiger partial charge in [0.2, 0.25) is 0 Å². The van der Waals surface area contributed by atoms with Crippen LogP contribution in [-0.4, -0.2) is 51.5 Å². The lowest BCUT2D eigenvalue weighted by Crippen LogP contribution is -2.43. The van der Waals surface area contributed by atoms with E-state index in [0.29, 0.717) is 13.0 Å². The standard InChI is InChI=1S/C18H18N4O3/c1-25-18(17(23)24)8-10-21(12-18)16-11-14(13-5-3-2-4-6-13)20-15-7-9-19-22(15)16/h2-7,9,11H,8,10,12H2,1H3,(H,23,24). The number of aromatic nitrogens is 3. The zero-order chi connectivity index (χ0) is 17.4. The first-order valence-corrected chi connectivity index (χ1v) is 8.07. The van der Waals surface area contributed by atoms with Crippen molar-refractivity contribution in [2.75, 3.05) is 25.1 Å². The molecule has 1 aliphatic heterocycles. The molecule has 7 nitrogen and oxygen atoms in total. The topological polar surface area (TPSA) is 80.0 Å². The predicted molar refractivity (Wildman–Crippen MR) is 92.6 cm³/mol. The molecular weight excluding hydrogens is 320 g/mol. The first-order chi connectivity index (χ1) is 12.1. The number of carboxylic acid groups (broad SMARTS) is 1. The average Bonchev–Trinajstić information content (AvgIpc) is 3.29. The molecule has 0 bridgehead atoms. The number of methoxy groups -OCH3 is 1. The highest BCUT2D eigenvalue weighted by molar-refractivity contribution is 5.80. The average molecular weight is 338 g/mol. The SMILES string of the molecule is COC1(C(=O)O)CCN(c2cc(-c3ccccc3)nc3ccnn23)C1. The number of rotatable bonds is 4. The van der Waals surface area contributed by atoms with Crippen LogP contribution in [0.3, 0.4) is 0 Å². The molecule has 1 saturated heterocycles. The summed E-state index contributed by atoms with van der Waals surface area (Å²) in [4.78, 5) is 18.3. The van der Waals surface area contributed by atoms with Crippen molar-refractivity contribution in [2.45, 2.75) is 12.0 Å². The molecule has 25 heavy (non-hydrogen) atoms. The number of benzene rings is 1. The summed E-state index contributed by atoms with van der Waals surface area (Å²) in [5.74, 6) is -0.124. The van der Waals surface area contributed by atoms with Crippen LogP contribution in [0, 0.1) is 0 Å². The number of ether oxygens (including phenoxy) is 1. The fourth-order valence-corrected chi connectivity index (χ4v) is 3.28. The summed E-state index contributed by atoms with van der Waals surface area (Å²) in [7, 11) is 1.45. The quantitative estimate of drug-likeness (QED) is 0.784. The Balaban J connectivity index is 1.80. The van der Waals surface area contributed by atoms with Gasteiger partial charge in [0.15, 0.2) is 11.2 Å². The second-order valence-corrected chi connectivity index (χ2v) is 6.14. The van der Waals surface area contributed by atoms with Crippen LogP contribution in [0.4, 0.5) is 5.82 Å². The zero-order valence-electron chi connectivity index (χ0n) is 13.8. The number of hydrogen-bond donors (Lipinski definition) is 1. The van der Waals surface area contributed by atoms with Crippen LogP contribution >= 0.6 is 0 Å². The van der Waals surface area contributed by atoms with E-state index in [2.05, 4.69) is 10.1 Å². The first kappa shape index (κ1) is 15.6. The second-order valence-electron chi connectivity index (χ2n) is 6.14. The van der Waals surface area contributed by atoms with Crippen LogP contribution < -0.4 is 4.90 Å². The molecule has 0 saturated carbocycles. The first-order valence-electron chi connectivity index (χ1n) is 8.07. The van der Waals surface area contributed by atoms with Crippen molar-refractivity contribution >= 4 is 17.4 Å². The molecule has 1 aliphatic rings. The van der Waals surface area contributed by atoms with Crippen LogP contribution in [0.15, 0.2) is 48.7 Å². The van der Waals surface area contributed by atoms with E-state index in [9.17, 15) is 9.90 Å². The molecule has 0 radical (unpaired) electrons. The second kappa shape index (κ2) is 5.86. The van der Waals surface area contributed by atoms with Gasteiger partial charge in [-0.15, -0.1) is 0 Å². The van der Waals surface area contributed by atoms with Gasteiger partial charge < -0.3 is 14.7 Å². The lowest BCUT2D eigenvalue weighted by atomic mass is 10.0. The Morgan fingerprint density at radius 3 is 2.76 bits per heavy atom. The van der Waals surface area contributed by atoms with Crippen molar-refractivity contribution in [1.82, 2.24) is 14.6 Å². The highest BCUT2D eigenvalue weighted by atomic mass is 16.5. The lowest BCUT2D eigenvalue weighted by molar-refractivity contribution is -0.159. The Morgan fingerprint density at radius 1 is 1.28 bits per heavy atom. The lowest BCUT2D eigenvalue weighted by Gasteiger charge is -2.24. The van der Waals surface area contributed by atoms with Gasteiger partial charge in [0.25, 0.3) is 0 Å². The Bertz CT molecular complexity index is 924. The van der Waals surface area contributed by atoms with Gasteiger partial charge in [-0.25, -0.2) is 9.78 Å². The number of hydrogen-bond acceptors (Lipinski definition) is 5. The summed E-state index contributed by atoms with van der Waals surface area (Å²) >= 11 is 0. The van der Waals surface area contributed by atoms with Crippen LogP contribution in [0.2, 0.25) is 0 Å². The van der Waals surface area contributed by atoms with Crippen LogP contribution in [0.5, 0.6) is 0 Å². The smallest absolute Gasteiger partial charge is 0.337 e. The van der Waals surface area contributed by atoms with Gasteiger partial charge in [0, 0.05) is 37.8 Å². The van der Waals surface area contributed by atoms with Crippen molar-refractivity contribution in [2.24, 2.45) is 0 Å². The molecule has 128 valence electrons. The number of aliphatic carboxylic acids is 1.